The summed E-state index contributed by atoms with van der Waals surface area (Å²) in [5.74, 6) is 0. The molecule has 1 aliphatic carbocycles. The predicted molar refractivity (Wildman–Crippen MR) is 82.3 cm³/mol. The van der Waals surface area contributed by atoms with Gasteiger partial charge in [0.2, 0.25) is 0 Å². The van der Waals surface area contributed by atoms with Crippen LogP contribution in [0.5, 0.6) is 0 Å². The highest BCUT2D eigenvalue weighted by atomic mass is 35.5. The van der Waals surface area contributed by atoms with Gasteiger partial charge in [-0.1, -0.05) is 23.2 Å². The van der Waals surface area contributed by atoms with Gasteiger partial charge in [0.1, 0.15) is 5.01 Å². The van der Waals surface area contributed by atoms with Crippen LogP contribution < -0.4 is 5.32 Å². The molecule has 1 heterocycles. The summed E-state index contributed by atoms with van der Waals surface area (Å²) in [6.07, 6.45) is 3.42. The Morgan fingerprint density at radius 3 is 3.00 bits per heavy atom. The van der Waals surface area contributed by atoms with E-state index < -0.39 is 0 Å². The zero-order chi connectivity index (χ0) is 13.4. The molecule has 100 valence electrons. The molecule has 0 aliphatic heterocycles. The number of aryl methyl sites for hydroxylation is 1. The molecule has 1 aromatic carbocycles. The molecule has 1 atom stereocenters. The van der Waals surface area contributed by atoms with E-state index in [1.165, 1.54) is 23.4 Å². The third-order valence-corrected chi connectivity index (χ3v) is 5.27. The minimum Gasteiger partial charge on any atom is -0.312 e. The second-order valence-corrected chi connectivity index (χ2v) is 6.56. The van der Waals surface area contributed by atoms with E-state index in [1.807, 2.05) is 19.2 Å². The monoisotopic (exact) mass is 312 g/mol. The highest BCUT2D eigenvalue weighted by Gasteiger charge is 2.24. The average Bonchev–Trinajstić information content (AvgIpc) is 2.85. The number of aromatic nitrogens is 1. The first kappa shape index (κ1) is 13.4. The molecule has 0 amide bonds. The number of hydrogen-bond donors (Lipinski definition) is 1. The number of hydrogen-bond acceptors (Lipinski definition) is 3. The average molecular weight is 313 g/mol. The molecule has 0 spiro atoms. The van der Waals surface area contributed by atoms with Gasteiger partial charge in [0.15, 0.2) is 0 Å². The van der Waals surface area contributed by atoms with Gasteiger partial charge in [-0.05, 0) is 44.5 Å². The third kappa shape index (κ3) is 2.52. The van der Waals surface area contributed by atoms with E-state index in [0.29, 0.717) is 16.1 Å². The molecule has 3 rings (SSSR count). The van der Waals surface area contributed by atoms with Gasteiger partial charge in [-0.3, -0.25) is 0 Å². The topological polar surface area (TPSA) is 24.9 Å². The van der Waals surface area contributed by atoms with Gasteiger partial charge < -0.3 is 5.32 Å². The van der Waals surface area contributed by atoms with Crippen molar-refractivity contribution in [1.29, 1.82) is 0 Å². The second-order valence-electron chi connectivity index (χ2n) is 4.69. The summed E-state index contributed by atoms with van der Waals surface area (Å²) in [6, 6.07) is 5.95. The van der Waals surface area contributed by atoms with Crippen LogP contribution in [0.2, 0.25) is 10.0 Å². The van der Waals surface area contributed by atoms with Crippen molar-refractivity contribution in [2.45, 2.75) is 25.3 Å². The first-order valence-electron chi connectivity index (χ1n) is 6.31. The lowest BCUT2D eigenvalue weighted by Gasteiger charge is -2.19. The van der Waals surface area contributed by atoms with Crippen LogP contribution in [0.4, 0.5) is 0 Å². The Kier molecular flexibility index (Phi) is 3.81. The van der Waals surface area contributed by atoms with Crippen LogP contribution in [0, 0.1) is 0 Å². The molecule has 0 saturated carbocycles. The summed E-state index contributed by atoms with van der Waals surface area (Å²) in [4.78, 5) is 6.10. The minimum atomic E-state index is 0.424. The molecule has 1 aromatic heterocycles. The van der Waals surface area contributed by atoms with E-state index in [4.69, 9.17) is 28.2 Å². The van der Waals surface area contributed by atoms with Crippen LogP contribution >= 0.6 is 34.5 Å². The summed E-state index contributed by atoms with van der Waals surface area (Å²) in [6.45, 7) is 0. The molecule has 19 heavy (non-hydrogen) atoms. The lowest BCUT2D eigenvalue weighted by atomic mass is 9.98. The molecule has 1 unspecified atom stereocenters. The van der Waals surface area contributed by atoms with Gasteiger partial charge in [-0.25, -0.2) is 4.98 Å². The Hall–Kier alpha value is -0.610. The van der Waals surface area contributed by atoms with Crippen molar-refractivity contribution in [2.24, 2.45) is 0 Å². The fraction of sp³-hybridized carbons (Fsp3) is 0.357. The zero-order valence-corrected chi connectivity index (χ0v) is 12.9. The van der Waals surface area contributed by atoms with Crippen molar-refractivity contribution < 1.29 is 0 Å². The minimum absolute atomic E-state index is 0.424. The first-order valence-corrected chi connectivity index (χ1v) is 7.88. The van der Waals surface area contributed by atoms with Crippen LogP contribution in [-0.2, 0) is 6.42 Å². The van der Waals surface area contributed by atoms with E-state index in [1.54, 1.807) is 17.4 Å². The Balaban J connectivity index is 2.07. The van der Waals surface area contributed by atoms with Gasteiger partial charge in [-0.2, -0.15) is 0 Å². The van der Waals surface area contributed by atoms with Crippen LogP contribution in [0.25, 0.3) is 10.6 Å². The maximum Gasteiger partial charge on any atom is 0.125 e. The normalized spacial score (nSPS) is 18.4. The molecule has 0 fully saturated rings. The smallest absolute Gasteiger partial charge is 0.125 e. The Morgan fingerprint density at radius 1 is 1.37 bits per heavy atom. The van der Waals surface area contributed by atoms with Gasteiger partial charge in [0.25, 0.3) is 0 Å². The number of benzene rings is 1. The van der Waals surface area contributed by atoms with Crippen molar-refractivity contribution in [3.8, 4) is 10.6 Å². The van der Waals surface area contributed by atoms with Crippen molar-refractivity contribution in [3.05, 3.63) is 38.8 Å². The predicted octanol–water partition coefficient (Wildman–Crippen LogP) is 4.71. The molecule has 2 aromatic rings. The standard InChI is InChI=1S/C14H14Cl2N2S/c1-17-11-3-2-4-12-13(11)19-14(18-12)9-7-8(15)5-6-10(9)16/h5-7,11,17H,2-4H2,1H3. The van der Waals surface area contributed by atoms with Crippen molar-refractivity contribution in [2.75, 3.05) is 7.05 Å². The van der Waals surface area contributed by atoms with E-state index >= 15 is 0 Å². The fourth-order valence-corrected chi connectivity index (χ4v) is 4.19. The summed E-state index contributed by atoms with van der Waals surface area (Å²) < 4.78 is 0. The Bertz CT molecular complexity index is 609. The van der Waals surface area contributed by atoms with Crippen LogP contribution in [0.15, 0.2) is 18.2 Å². The highest BCUT2D eigenvalue weighted by Crippen LogP contribution is 2.40. The molecular formula is C14H14Cl2N2S. The highest BCUT2D eigenvalue weighted by molar-refractivity contribution is 7.15. The van der Waals surface area contributed by atoms with Crippen molar-refractivity contribution >= 4 is 34.5 Å². The largest absolute Gasteiger partial charge is 0.312 e. The Morgan fingerprint density at radius 2 is 2.21 bits per heavy atom. The lowest BCUT2D eigenvalue weighted by molar-refractivity contribution is 0.501. The SMILES string of the molecule is CNC1CCCc2nc(-c3cc(Cl)ccc3Cl)sc21. The lowest BCUT2D eigenvalue weighted by Crippen LogP contribution is -2.19. The molecular weight excluding hydrogens is 299 g/mol. The molecule has 1 N–H and O–H groups in total. The van der Waals surface area contributed by atoms with Crippen LogP contribution in [0.1, 0.15) is 29.5 Å². The van der Waals surface area contributed by atoms with E-state index in [-0.39, 0.29) is 0 Å². The summed E-state index contributed by atoms with van der Waals surface area (Å²) in [5.41, 5.74) is 2.14. The number of nitrogens with zero attached hydrogens (tertiary/aromatic N) is 1. The fourth-order valence-electron chi connectivity index (χ4n) is 2.47. The number of rotatable bonds is 2. The summed E-state index contributed by atoms with van der Waals surface area (Å²) in [7, 11) is 2.01. The Labute approximate surface area is 126 Å². The van der Waals surface area contributed by atoms with Gasteiger partial charge in [0, 0.05) is 21.5 Å². The number of thiazole rings is 1. The van der Waals surface area contributed by atoms with Crippen LogP contribution in [0.3, 0.4) is 0 Å². The number of nitrogens with one attached hydrogen (secondary N) is 1. The van der Waals surface area contributed by atoms with Crippen LogP contribution in [-0.4, -0.2) is 12.0 Å². The maximum atomic E-state index is 6.26. The van der Waals surface area contributed by atoms with E-state index in [0.717, 1.165) is 17.0 Å². The van der Waals surface area contributed by atoms with E-state index in [9.17, 15) is 0 Å². The molecule has 0 saturated heterocycles. The van der Waals surface area contributed by atoms with Crippen molar-refractivity contribution in [3.63, 3.8) is 0 Å². The third-order valence-electron chi connectivity index (χ3n) is 3.46. The first-order chi connectivity index (χ1) is 9.19. The van der Waals surface area contributed by atoms with Gasteiger partial charge >= 0.3 is 0 Å². The van der Waals surface area contributed by atoms with Crippen molar-refractivity contribution in [1.82, 2.24) is 10.3 Å². The molecule has 1 aliphatic rings. The summed E-state index contributed by atoms with van der Waals surface area (Å²) in [5, 5.41) is 5.73. The number of halogens is 2. The van der Waals surface area contributed by atoms with E-state index in [2.05, 4.69) is 5.32 Å². The van der Waals surface area contributed by atoms with Gasteiger partial charge in [0.05, 0.1) is 10.7 Å². The molecule has 0 radical (unpaired) electrons. The second kappa shape index (κ2) is 5.41. The summed E-state index contributed by atoms with van der Waals surface area (Å²) >= 11 is 14.0. The molecule has 0 bridgehead atoms. The molecule has 5 heteroatoms. The number of fused-ring (bicyclic) bond motifs is 1. The molecule has 2 nitrogen and oxygen atoms in total. The zero-order valence-electron chi connectivity index (χ0n) is 10.5. The maximum absolute atomic E-state index is 6.26. The van der Waals surface area contributed by atoms with Gasteiger partial charge in [-0.15, -0.1) is 11.3 Å². The quantitative estimate of drug-likeness (QED) is 0.868.